The molecule has 0 spiro atoms. The van der Waals surface area contributed by atoms with Crippen LogP contribution in [0.4, 0.5) is 0 Å². The number of rotatable bonds is 23. The van der Waals surface area contributed by atoms with Gasteiger partial charge in [-0.05, 0) is 72.2 Å². The number of hydrogen-bond donors (Lipinski definition) is 2. The van der Waals surface area contributed by atoms with Crippen LogP contribution in [0.5, 0.6) is 11.5 Å². The minimum Gasteiger partial charge on any atom is -0.457 e. The number of benzene rings is 2. The Bertz CT molecular complexity index is 1110. The van der Waals surface area contributed by atoms with E-state index < -0.39 is 25.2 Å². The molecule has 0 fully saturated rings. The van der Waals surface area contributed by atoms with Crippen LogP contribution in [0.2, 0.25) is 0 Å². The molecule has 0 saturated heterocycles. The third kappa shape index (κ3) is 12.9. The molecule has 0 saturated carbocycles. The fraction of sp³-hybridized carbons (Fsp3) is 0.500. The van der Waals surface area contributed by atoms with Crippen molar-refractivity contribution in [2.75, 3.05) is 26.8 Å². The monoisotopic (exact) mass is 610 g/mol. The molecule has 0 amide bonds. The van der Waals surface area contributed by atoms with E-state index in [1.807, 2.05) is 36.4 Å². The number of hydrogen-bond acceptors (Lipinski definition) is 8. The van der Waals surface area contributed by atoms with Crippen LogP contribution < -0.4 is 9.47 Å². The Labute approximate surface area is 262 Å². The Morgan fingerprint density at radius 3 is 1.36 bits per heavy atom. The Balaban J connectivity index is 2.31. The van der Waals surface area contributed by atoms with E-state index in [0.29, 0.717) is 11.5 Å². The van der Waals surface area contributed by atoms with Crippen molar-refractivity contribution >= 4 is 11.9 Å². The molecule has 8 heteroatoms. The van der Waals surface area contributed by atoms with Gasteiger partial charge in [0.2, 0.25) is 13.6 Å². The van der Waals surface area contributed by atoms with Crippen molar-refractivity contribution in [1.82, 2.24) is 0 Å². The number of unbranched alkanes of at least 4 members (excludes halogenated alkanes) is 8. The standard InChI is InChI=1S/C36H50O8/c1-5-7-9-11-13-15-29-21-31(41-25-43-35(39)27(3)23-37)17-19-33(29)34-20-18-32(42-26-44-36(40)28(4)24-38)22-30(34)16-14-12-10-8-6-2/h17-22,37-38H,3-16,23-26H2,1-2H3. The molecule has 242 valence electrons. The number of ether oxygens (including phenoxy) is 4. The van der Waals surface area contributed by atoms with E-state index in [4.69, 9.17) is 29.2 Å². The molecule has 2 N–H and O–H groups in total. The molecule has 0 heterocycles. The summed E-state index contributed by atoms with van der Waals surface area (Å²) in [5.74, 6) is -0.211. The van der Waals surface area contributed by atoms with Crippen molar-refractivity contribution < 1.29 is 38.7 Å². The molecule has 0 atom stereocenters. The smallest absolute Gasteiger partial charge is 0.338 e. The third-order valence-electron chi connectivity index (χ3n) is 7.33. The summed E-state index contributed by atoms with van der Waals surface area (Å²) in [6, 6.07) is 11.8. The molecule has 2 aromatic rings. The first-order valence-corrected chi connectivity index (χ1v) is 15.8. The second-order valence-electron chi connectivity index (χ2n) is 10.9. The number of aryl methyl sites for hydroxylation is 2. The van der Waals surface area contributed by atoms with E-state index in [2.05, 4.69) is 27.0 Å². The predicted molar refractivity (Wildman–Crippen MR) is 172 cm³/mol. The van der Waals surface area contributed by atoms with Crippen LogP contribution in [0, 0.1) is 0 Å². The summed E-state index contributed by atoms with van der Waals surface area (Å²) >= 11 is 0. The van der Waals surface area contributed by atoms with Crippen molar-refractivity contribution in [3.8, 4) is 22.6 Å². The van der Waals surface area contributed by atoms with Crippen LogP contribution in [-0.2, 0) is 31.9 Å². The topological polar surface area (TPSA) is 112 Å². The van der Waals surface area contributed by atoms with Gasteiger partial charge in [0.25, 0.3) is 0 Å². The molecular weight excluding hydrogens is 560 g/mol. The van der Waals surface area contributed by atoms with Gasteiger partial charge in [-0.2, -0.15) is 0 Å². The molecule has 2 aromatic carbocycles. The average Bonchev–Trinajstić information content (AvgIpc) is 3.04. The van der Waals surface area contributed by atoms with Gasteiger partial charge in [-0.25, -0.2) is 9.59 Å². The van der Waals surface area contributed by atoms with E-state index in [1.54, 1.807) is 0 Å². The third-order valence-corrected chi connectivity index (χ3v) is 7.33. The van der Waals surface area contributed by atoms with Gasteiger partial charge in [-0.1, -0.05) is 90.5 Å². The molecule has 0 bridgehead atoms. The van der Waals surface area contributed by atoms with Crippen molar-refractivity contribution in [2.45, 2.75) is 90.9 Å². The lowest BCUT2D eigenvalue weighted by molar-refractivity contribution is -0.146. The highest BCUT2D eigenvalue weighted by Gasteiger charge is 2.15. The minimum absolute atomic E-state index is 0.0276. The number of aliphatic hydroxyl groups is 2. The second-order valence-corrected chi connectivity index (χ2v) is 10.9. The van der Waals surface area contributed by atoms with Crippen LogP contribution in [0.3, 0.4) is 0 Å². The van der Waals surface area contributed by atoms with E-state index in [9.17, 15) is 9.59 Å². The molecule has 44 heavy (non-hydrogen) atoms. The van der Waals surface area contributed by atoms with E-state index in [1.165, 1.54) is 38.5 Å². The maximum absolute atomic E-state index is 11.8. The molecule has 0 aromatic heterocycles. The summed E-state index contributed by atoms with van der Waals surface area (Å²) in [5, 5.41) is 18.2. The SMILES string of the molecule is C=C(CO)C(=O)OCOc1ccc(-c2ccc(OCOC(=O)C(=C)CO)cc2CCCCCCC)c(CCCCCCC)c1. The summed E-state index contributed by atoms with van der Waals surface area (Å²) in [7, 11) is 0. The van der Waals surface area contributed by atoms with E-state index >= 15 is 0 Å². The lowest BCUT2D eigenvalue weighted by Gasteiger charge is -2.18. The number of carbonyl (C=O) groups excluding carboxylic acids is 2. The zero-order chi connectivity index (χ0) is 32.2. The highest BCUT2D eigenvalue weighted by molar-refractivity contribution is 5.88. The van der Waals surface area contributed by atoms with Crippen molar-refractivity contribution in [3.63, 3.8) is 0 Å². The average molecular weight is 611 g/mol. The van der Waals surface area contributed by atoms with Crippen molar-refractivity contribution in [2.24, 2.45) is 0 Å². The molecule has 0 aliphatic carbocycles. The number of esters is 2. The molecule has 8 nitrogen and oxygen atoms in total. The van der Waals surface area contributed by atoms with Crippen LogP contribution in [0.15, 0.2) is 60.7 Å². The Morgan fingerprint density at radius 2 is 1.00 bits per heavy atom. The summed E-state index contributed by atoms with van der Waals surface area (Å²) in [4.78, 5) is 23.7. The van der Waals surface area contributed by atoms with Crippen molar-refractivity contribution in [3.05, 3.63) is 71.8 Å². The van der Waals surface area contributed by atoms with E-state index in [-0.39, 0.29) is 24.7 Å². The van der Waals surface area contributed by atoms with Gasteiger partial charge in [-0.3, -0.25) is 0 Å². The summed E-state index contributed by atoms with van der Waals surface area (Å²) in [6.07, 6.45) is 13.3. The first-order valence-electron chi connectivity index (χ1n) is 15.8. The summed E-state index contributed by atoms with van der Waals surface area (Å²) in [6.45, 7) is 9.86. The second kappa shape index (κ2) is 21.1. The predicted octanol–water partition coefficient (Wildman–Crippen LogP) is 7.24. The normalized spacial score (nSPS) is 10.7. The van der Waals surface area contributed by atoms with Gasteiger partial charge in [0.15, 0.2) is 0 Å². The van der Waals surface area contributed by atoms with Gasteiger partial charge in [0, 0.05) is 0 Å². The first-order chi connectivity index (χ1) is 21.3. The molecule has 0 unspecified atom stereocenters. The fourth-order valence-corrected chi connectivity index (χ4v) is 4.73. The lowest BCUT2D eigenvalue weighted by atomic mass is 9.90. The van der Waals surface area contributed by atoms with Crippen LogP contribution >= 0.6 is 0 Å². The Hall–Kier alpha value is -3.62. The largest absolute Gasteiger partial charge is 0.457 e. The minimum atomic E-state index is -0.695. The van der Waals surface area contributed by atoms with Crippen LogP contribution in [0.1, 0.15) is 89.2 Å². The zero-order valence-corrected chi connectivity index (χ0v) is 26.5. The quantitative estimate of drug-likeness (QED) is 0.0587. The van der Waals surface area contributed by atoms with E-state index in [0.717, 1.165) is 60.8 Å². The maximum atomic E-state index is 11.8. The highest BCUT2D eigenvalue weighted by Crippen LogP contribution is 2.34. The zero-order valence-electron chi connectivity index (χ0n) is 26.5. The fourth-order valence-electron chi connectivity index (χ4n) is 4.73. The maximum Gasteiger partial charge on any atom is 0.338 e. The van der Waals surface area contributed by atoms with Crippen LogP contribution in [-0.4, -0.2) is 49.0 Å². The molecule has 0 aliphatic rings. The van der Waals surface area contributed by atoms with Gasteiger partial charge in [0.05, 0.1) is 24.4 Å². The highest BCUT2D eigenvalue weighted by atomic mass is 16.7. The van der Waals surface area contributed by atoms with Gasteiger partial charge < -0.3 is 29.2 Å². The number of aliphatic hydroxyl groups excluding tert-OH is 2. The van der Waals surface area contributed by atoms with Gasteiger partial charge >= 0.3 is 11.9 Å². The molecule has 0 aliphatic heterocycles. The van der Waals surface area contributed by atoms with Gasteiger partial charge in [0.1, 0.15) is 11.5 Å². The van der Waals surface area contributed by atoms with Gasteiger partial charge in [-0.15, -0.1) is 0 Å². The Kier molecular flexibility index (Phi) is 17.6. The summed E-state index contributed by atoms with van der Waals surface area (Å²) < 4.78 is 21.6. The lowest BCUT2D eigenvalue weighted by Crippen LogP contribution is -2.14. The molecule has 2 rings (SSSR count). The van der Waals surface area contributed by atoms with Crippen molar-refractivity contribution in [1.29, 1.82) is 0 Å². The Morgan fingerprint density at radius 1 is 0.614 bits per heavy atom. The first kappa shape index (κ1) is 36.6. The molecule has 0 radical (unpaired) electrons. The number of carbonyl (C=O) groups is 2. The molecular formula is C36H50O8. The van der Waals surface area contributed by atoms with Crippen LogP contribution in [0.25, 0.3) is 11.1 Å². The summed E-state index contributed by atoms with van der Waals surface area (Å²) in [5.41, 5.74) is 4.45.